The molecular weight excluding hydrogens is 363 g/mol. The van der Waals surface area contributed by atoms with Gasteiger partial charge < -0.3 is 19.3 Å². The van der Waals surface area contributed by atoms with Crippen LogP contribution in [0.15, 0.2) is 18.2 Å². The molecule has 0 unspecified atom stereocenters. The second-order valence-corrected chi connectivity index (χ2v) is 6.86. The molecule has 0 atom stereocenters. The normalized spacial score (nSPS) is 18.7. The summed E-state index contributed by atoms with van der Waals surface area (Å²) >= 11 is 5.69. The van der Waals surface area contributed by atoms with Gasteiger partial charge in [0.15, 0.2) is 6.61 Å². The molecule has 26 heavy (non-hydrogen) atoms. The van der Waals surface area contributed by atoms with E-state index >= 15 is 0 Å². The lowest BCUT2D eigenvalue weighted by Gasteiger charge is -2.35. The summed E-state index contributed by atoms with van der Waals surface area (Å²) < 4.78 is 23.8. The van der Waals surface area contributed by atoms with Crippen LogP contribution >= 0.6 is 11.6 Å². The Balaban J connectivity index is 1.44. The van der Waals surface area contributed by atoms with Crippen molar-refractivity contribution in [3.05, 3.63) is 29.0 Å². The first-order valence-corrected chi connectivity index (χ1v) is 9.14. The zero-order valence-corrected chi connectivity index (χ0v) is 15.2. The molecule has 3 rings (SSSR count). The van der Waals surface area contributed by atoms with E-state index in [2.05, 4.69) is 0 Å². The van der Waals surface area contributed by atoms with Gasteiger partial charge in [0.1, 0.15) is 11.6 Å². The minimum atomic E-state index is -0.530. The summed E-state index contributed by atoms with van der Waals surface area (Å²) in [6, 6.07) is 3.98. The highest BCUT2D eigenvalue weighted by Crippen LogP contribution is 2.22. The highest BCUT2D eigenvalue weighted by atomic mass is 35.5. The fraction of sp³-hybridized carbons (Fsp3) is 0.556. The molecule has 1 aromatic carbocycles. The summed E-state index contributed by atoms with van der Waals surface area (Å²) in [5, 5.41) is -0.0441. The van der Waals surface area contributed by atoms with Crippen LogP contribution in [0.3, 0.4) is 0 Å². The fourth-order valence-corrected chi connectivity index (χ4v) is 3.39. The van der Waals surface area contributed by atoms with Crippen LogP contribution in [0.25, 0.3) is 0 Å². The third kappa shape index (κ3) is 4.65. The Morgan fingerprint density at radius 2 is 1.85 bits per heavy atom. The summed E-state index contributed by atoms with van der Waals surface area (Å²) in [6.07, 6.45) is 1.31. The number of nitrogens with zero attached hydrogens (tertiary/aromatic N) is 2. The molecule has 2 aliphatic rings. The minimum Gasteiger partial charge on any atom is -0.484 e. The van der Waals surface area contributed by atoms with Gasteiger partial charge in [0.2, 0.25) is 5.91 Å². The van der Waals surface area contributed by atoms with E-state index in [0.29, 0.717) is 58.0 Å². The Hall–Kier alpha value is -1.86. The molecule has 0 aliphatic carbocycles. The van der Waals surface area contributed by atoms with Crippen molar-refractivity contribution >= 4 is 23.4 Å². The summed E-state index contributed by atoms with van der Waals surface area (Å²) in [5.41, 5.74) is 0. The van der Waals surface area contributed by atoms with Crippen LogP contribution in [0, 0.1) is 11.7 Å². The van der Waals surface area contributed by atoms with Gasteiger partial charge in [-0.15, -0.1) is 0 Å². The number of piperidine rings is 1. The van der Waals surface area contributed by atoms with Gasteiger partial charge in [0.25, 0.3) is 5.91 Å². The van der Waals surface area contributed by atoms with E-state index in [-0.39, 0.29) is 29.4 Å². The number of carbonyl (C=O) groups is 2. The van der Waals surface area contributed by atoms with E-state index in [4.69, 9.17) is 21.1 Å². The van der Waals surface area contributed by atoms with Gasteiger partial charge in [-0.3, -0.25) is 9.59 Å². The molecule has 0 bridgehead atoms. The highest BCUT2D eigenvalue weighted by Gasteiger charge is 2.30. The van der Waals surface area contributed by atoms with Crippen LogP contribution < -0.4 is 4.74 Å². The number of benzene rings is 1. The molecule has 142 valence electrons. The standard InChI is InChI=1S/C18H22ClFN2O4/c19-15-11-14(1-2-16(15)20)26-12-17(23)21-5-3-13(4-6-21)18(24)22-7-9-25-10-8-22/h1-2,11,13H,3-10,12H2. The number of likely N-dealkylation sites (tertiary alicyclic amines) is 1. The average Bonchev–Trinajstić information content (AvgIpc) is 2.69. The van der Waals surface area contributed by atoms with Crippen molar-refractivity contribution in [2.45, 2.75) is 12.8 Å². The minimum absolute atomic E-state index is 0.0334. The van der Waals surface area contributed by atoms with E-state index in [1.807, 2.05) is 4.90 Å². The van der Waals surface area contributed by atoms with Gasteiger partial charge >= 0.3 is 0 Å². The van der Waals surface area contributed by atoms with Crippen molar-refractivity contribution in [2.75, 3.05) is 46.0 Å². The lowest BCUT2D eigenvalue weighted by molar-refractivity contribution is -0.144. The van der Waals surface area contributed by atoms with E-state index < -0.39 is 5.82 Å². The molecule has 1 aromatic rings. The van der Waals surface area contributed by atoms with E-state index in [1.54, 1.807) is 4.90 Å². The maximum atomic E-state index is 13.1. The Kier molecular flexibility index (Phi) is 6.32. The lowest BCUT2D eigenvalue weighted by atomic mass is 9.95. The van der Waals surface area contributed by atoms with Crippen molar-refractivity contribution in [3.63, 3.8) is 0 Å². The first-order valence-electron chi connectivity index (χ1n) is 8.77. The van der Waals surface area contributed by atoms with Crippen molar-refractivity contribution in [2.24, 2.45) is 5.92 Å². The summed E-state index contributed by atoms with van der Waals surface area (Å²) in [4.78, 5) is 28.3. The molecule has 6 nitrogen and oxygen atoms in total. The topological polar surface area (TPSA) is 59.1 Å². The first-order chi connectivity index (χ1) is 12.5. The zero-order valence-electron chi connectivity index (χ0n) is 14.5. The Labute approximate surface area is 156 Å². The molecule has 2 aliphatic heterocycles. The Morgan fingerprint density at radius 3 is 2.50 bits per heavy atom. The van der Waals surface area contributed by atoms with Crippen LogP contribution in [-0.4, -0.2) is 67.6 Å². The van der Waals surface area contributed by atoms with Gasteiger partial charge in [-0.1, -0.05) is 11.6 Å². The molecule has 0 saturated carbocycles. The molecule has 2 amide bonds. The molecule has 2 saturated heterocycles. The number of hydrogen-bond donors (Lipinski definition) is 0. The lowest BCUT2D eigenvalue weighted by Crippen LogP contribution is -2.48. The second-order valence-electron chi connectivity index (χ2n) is 6.46. The van der Waals surface area contributed by atoms with Gasteiger partial charge in [0, 0.05) is 38.2 Å². The predicted molar refractivity (Wildman–Crippen MR) is 93.6 cm³/mol. The number of halogens is 2. The van der Waals surface area contributed by atoms with E-state index in [0.717, 1.165) is 0 Å². The maximum absolute atomic E-state index is 13.1. The third-order valence-corrected chi connectivity index (χ3v) is 5.06. The van der Waals surface area contributed by atoms with Crippen LogP contribution in [0.5, 0.6) is 5.75 Å². The number of amides is 2. The first kappa shape index (κ1) is 18.9. The molecule has 2 heterocycles. The second kappa shape index (κ2) is 8.68. The summed E-state index contributed by atoms with van der Waals surface area (Å²) in [6.45, 7) is 3.41. The average molecular weight is 385 g/mol. The molecule has 0 aromatic heterocycles. The van der Waals surface area contributed by atoms with Gasteiger partial charge in [-0.05, 0) is 25.0 Å². The van der Waals surface area contributed by atoms with Crippen LogP contribution in [0.1, 0.15) is 12.8 Å². The van der Waals surface area contributed by atoms with Crippen molar-refractivity contribution < 1.29 is 23.5 Å². The maximum Gasteiger partial charge on any atom is 0.260 e. The number of ether oxygens (including phenoxy) is 2. The van der Waals surface area contributed by atoms with Gasteiger partial charge in [0.05, 0.1) is 18.2 Å². The zero-order chi connectivity index (χ0) is 18.5. The van der Waals surface area contributed by atoms with Crippen molar-refractivity contribution in [1.29, 1.82) is 0 Å². The fourth-order valence-electron chi connectivity index (χ4n) is 3.22. The Bertz CT molecular complexity index is 659. The monoisotopic (exact) mass is 384 g/mol. The van der Waals surface area contributed by atoms with Crippen LogP contribution in [0.2, 0.25) is 5.02 Å². The molecule has 0 N–H and O–H groups in total. The molecule has 0 spiro atoms. The van der Waals surface area contributed by atoms with Gasteiger partial charge in [-0.25, -0.2) is 4.39 Å². The Morgan fingerprint density at radius 1 is 1.15 bits per heavy atom. The third-order valence-electron chi connectivity index (χ3n) is 4.77. The number of morpholine rings is 1. The number of rotatable bonds is 4. The molecule has 2 fully saturated rings. The molecular formula is C18H22ClFN2O4. The molecule has 8 heteroatoms. The molecule has 0 radical (unpaired) electrons. The number of hydrogen-bond acceptors (Lipinski definition) is 4. The summed E-state index contributed by atoms with van der Waals surface area (Å²) in [7, 11) is 0. The predicted octanol–water partition coefficient (Wildman–Crippen LogP) is 1.96. The van der Waals surface area contributed by atoms with Crippen LogP contribution in [-0.2, 0) is 14.3 Å². The van der Waals surface area contributed by atoms with Crippen LogP contribution in [0.4, 0.5) is 4.39 Å². The highest BCUT2D eigenvalue weighted by molar-refractivity contribution is 6.30. The van der Waals surface area contributed by atoms with Crippen molar-refractivity contribution in [1.82, 2.24) is 9.80 Å². The van der Waals surface area contributed by atoms with Crippen molar-refractivity contribution in [3.8, 4) is 5.75 Å². The van der Waals surface area contributed by atoms with E-state index in [1.165, 1.54) is 18.2 Å². The van der Waals surface area contributed by atoms with Gasteiger partial charge in [-0.2, -0.15) is 0 Å². The van der Waals surface area contributed by atoms with E-state index in [9.17, 15) is 14.0 Å². The number of carbonyl (C=O) groups excluding carboxylic acids is 2. The largest absolute Gasteiger partial charge is 0.484 e. The smallest absolute Gasteiger partial charge is 0.260 e. The summed E-state index contributed by atoms with van der Waals surface area (Å²) in [5.74, 6) is -0.200. The SMILES string of the molecule is O=C(COc1ccc(F)c(Cl)c1)N1CCC(C(=O)N2CCOCC2)CC1. The quantitative estimate of drug-likeness (QED) is 0.796.